The average Bonchev–Trinajstić information content (AvgIpc) is 2.94. The molecule has 0 aromatic heterocycles. The molecule has 0 unspecified atom stereocenters. The number of alkyl halides is 1. The van der Waals surface area contributed by atoms with Gasteiger partial charge in [0, 0.05) is 24.1 Å². The number of benzene rings is 2. The van der Waals surface area contributed by atoms with Gasteiger partial charge in [0.05, 0.1) is 24.4 Å². The third-order valence-electron chi connectivity index (χ3n) is 6.42. The predicted molar refractivity (Wildman–Crippen MR) is 131 cm³/mol. The number of ether oxygens (including phenoxy) is 1. The van der Waals surface area contributed by atoms with Gasteiger partial charge in [0.1, 0.15) is 0 Å². The Balaban J connectivity index is 1.55. The maximum absolute atomic E-state index is 12.3. The zero-order chi connectivity index (χ0) is 22.7. The first kappa shape index (κ1) is 23.5. The number of nitrogens with zero attached hydrogens (tertiary/aromatic N) is 1. The molecule has 0 spiro atoms. The number of carbonyl (C=O) groups is 1. The molecule has 0 N–H and O–H groups in total. The molecule has 0 bridgehead atoms. The number of rotatable bonds is 7. The molecule has 6 heteroatoms. The molecule has 0 amide bonds. The highest BCUT2D eigenvalue weighted by Gasteiger charge is 2.26. The maximum Gasteiger partial charge on any atom is 0.339 e. The molecule has 3 nitrogen and oxygen atoms in total. The summed E-state index contributed by atoms with van der Waals surface area (Å²) in [4.78, 5) is 14.4. The number of fused-ring (bicyclic) bond motifs is 1. The van der Waals surface area contributed by atoms with E-state index in [-0.39, 0.29) is 6.67 Å². The lowest BCUT2D eigenvalue weighted by molar-refractivity contribution is 0.0601. The Labute approximate surface area is 202 Å². The quantitative estimate of drug-likeness (QED) is 0.393. The van der Waals surface area contributed by atoms with Crippen molar-refractivity contribution >= 4 is 39.1 Å². The van der Waals surface area contributed by atoms with Crippen LogP contribution in [0.15, 0.2) is 40.9 Å². The smallest absolute Gasteiger partial charge is 0.339 e. The van der Waals surface area contributed by atoms with E-state index in [4.69, 9.17) is 16.3 Å². The van der Waals surface area contributed by atoms with Crippen LogP contribution >= 0.6 is 27.5 Å². The summed E-state index contributed by atoms with van der Waals surface area (Å²) in [5, 5.41) is 0.493. The highest BCUT2D eigenvalue weighted by atomic mass is 79.9. The molecule has 170 valence electrons. The summed E-state index contributed by atoms with van der Waals surface area (Å²) in [5.74, 6) is 0.246. The zero-order valence-electron chi connectivity index (χ0n) is 18.3. The fourth-order valence-electron chi connectivity index (χ4n) is 4.78. The van der Waals surface area contributed by atoms with Crippen LogP contribution in [0.3, 0.4) is 0 Å². The molecule has 0 atom stereocenters. The number of likely N-dealkylation sites (tertiary alicyclic amines) is 1. The Morgan fingerprint density at radius 1 is 1.19 bits per heavy atom. The van der Waals surface area contributed by atoms with Gasteiger partial charge in [-0.25, -0.2) is 4.79 Å². The fraction of sp³-hybridized carbons (Fsp3) is 0.423. The molecule has 2 aromatic rings. The van der Waals surface area contributed by atoms with Crippen molar-refractivity contribution < 1.29 is 13.9 Å². The molecular formula is C26H28BrClFNO2. The van der Waals surface area contributed by atoms with E-state index in [1.54, 1.807) is 6.07 Å². The van der Waals surface area contributed by atoms with Crippen molar-refractivity contribution in [3.63, 3.8) is 0 Å². The van der Waals surface area contributed by atoms with Crippen LogP contribution < -0.4 is 0 Å². The molecular weight excluding hydrogens is 493 g/mol. The topological polar surface area (TPSA) is 29.5 Å². The van der Waals surface area contributed by atoms with Crippen LogP contribution in [0.4, 0.5) is 4.39 Å². The lowest BCUT2D eigenvalue weighted by Gasteiger charge is -2.39. The third-order valence-corrected chi connectivity index (χ3v) is 7.64. The minimum atomic E-state index is -0.407. The standard InChI is InChI=1S/C26H28BrClFNO2/c1-32-26(31)22-11-10-20-21(25(22)28)4-2-5-23(27)24(20)19-8-6-17(7-9-19)14-18-15-30(16-18)13-3-12-29/h6-11,18H,2-5,12-16H2,1H3. The SMILES string of the molecule is COC(=O)c1ccc2c(c1Cl)CCCC(Br)=C2c1ccc(CC2CN(CCCF)C2)cc1. The normalized spacial score (nSPS) is 17.0. The predicted octanol–water partition coefficient (Wildman–Crippen LogP) is 6.45. The van der Waals surface area contributed by atoms with Gasteiger partial charge in [0.15, 0.2) is 0 Å². The fourth-order valence-corrected chi connectivity index (χ4v) is 5.84. The van der Waals surface area contributed by atoms with Crippen LogP contribution in [-0.4, -0.2) is 44.3 Å². The summed E-state index contributed by atoms with van der Waals surface area (Å²) in [7, 11) is 1.37. The first-order chi connectivity index (χ1) is 15.5. The van der Waals surface area contributed by atoms with Gasteiger partial charge < -0.3 is 9.64 Å². The maximum atomic E-state index is 12.3. The van der Waals surface area contributed by atoms with E-state index < -0.39 is 5.97 Å². The molecule has 0 saturated carbocycles. The molecule has 2 aliphatic rings. The molecule has 32 heavy (non-hydrogen) atoms. The average molecular weight is 521 g/mol. The van der Waals surface area contributed by atoms with Crippen molar-refractivity contribution in [3.05, 3.63) is 73.7 Å². The second-order valence-corrected chi connectivity index (χ2v) is 9.98. The summed E-state index contributed by atoms with van der Waals surface area (Å²) in [6.07, 6.45) is 4.39. The van der Waals surface area contributed by atoms with Gasteiger partial charge in [-0.05, 0) is 71.9 Å². The van der Waals surface area contributed by atoms with Crippen molar-refractivity contribution in [2.75, 3.05) is 33.4 Å². The number of halogens is 3. The van der Waals surface area contributed by atoms with E-state index in [0.29, 0.717) is 22.9 Å². The molecule has 1 aliphatic heterocycles. The molecule has 4 rings (SSSR count). The summed E-state index contributed by atoms with van der Waals surface area (Å²) >= 11 is 10.5. The number of hydrogen-bond acceptors (Lipinski definition) is 3. The van der Waals surface area contributed by atoms with E-state index in [9.17, 15) is 9.18 Å². The van der Waals surface area contributed by atoms with E-state index in [0.717, 1.165) is 72.1 Å². The van der Waals surface area contributed by atoms with Crippen molar-refractivity contribution in [3.8, 4) is 0 Å². The van der Waals surface area contributed by atoms with Crippen LogP contribution in [0.1, 0.15) is 51.9 Å². The minimum absolute atomic E-state index is 0.230. The monoisotopic (exact) mass is 519 g/mol. The second-order valence-electron chi connectivity index (χ2n) is 8.65. The van der Waals surface area contributed by atoms with Gasteiger partial charge >= 0.3 is 5.97 Å². The molecule has 2 aromatic carbocycles. The van der Waals surface area contributed by atoms with Crippen molar-refractivity contribution in [2.45, 2.75) is 32.1 Å². The van der Waals surface area contributed by atoms with E-state index in [1.807, 2.05) is 6.07 Å². The lowest BCUT2D eigenvalue weighted by Crippen LogP contribution is -2.47. The first-order valence-corrected chi connectivity index (χ1v) is 12.3. The number of methoxy groups -OCH3 is 1. The molecule has 1 heterocycles. The van der Waals surface area contributed by atoms with Crippen molar-refractivity contribution in [2.24, 2.45) is 5.92 Å². The van der Waals surface area contributed by atoms with Crippen LogP contribution in [0.25, 0.3) is 5.57 Å². The number of hydrogen-bond donors (Lipinski definition) is 0. The summed E-state index contributed by atoms with van der Waals surface area (Å²) in [6.45, 7) is 2.76. The highest BCUT2D eigenvalue weighted by molar-refractivity contribution is 9.11. The van der Waals surface area contributed by atoms with Crippen molar-refractivity contribution in [1.29, 1.82) is 0 Å². The summed E-state index contributed by atoms with van der Waals surface area (Å²) in [6, 6.07) is 12.5. The van der Waals surface area contributed by atoms with Crippen LogP contribution in [0.5, 0.6) is 0 Å². The number of allylic oxidation sites excluding steroid dienone is 1. The Bertz CT molecular complexity index is 1020. The minimum Gasteiger partial charge on any atom is -0.465 e. The van der Waals surface area contributed by atoms with Crippen molar-refractivity contribution in [1.82, 2.24) is 4.90 Å². The number of esters is 1. The van der Waals surface area contributed by atoms with Crippen LogP contribution in [0, 0.1) is 5.92 Å². The Kier molecular flexibility index (Phi) is 7.70. The van der Waals surface area contributed by atoms with E-state index >= 15 is 0 Å². The van der Waals surface area contributed by atoms with E-state index in [1.165, 1.54) is 12.7 Å². The molecule has 1 fully saturated rings. The van der Waals surface area contributed by atoms with Gasteiger partial charge in [-0.15, -0.1) is 0 Å². The second kappa shape index (κ2) is 10.5. The first-order valence-electron chi connectivity index (χ1n) is 11.2. The van der Waals surface area contributed by atoms with Gasteiger partial charge in [0.25, 0.3) is 0 Å². The molecule has 0 radical (unpaired) electrons. The van der Waals surface area contributed by atoms with Gasteiger partial charge in [-0.2, -0.15) is 0 Å². The number of carbonyl (C=O) groups excluding carboxylic acids is 1. The molecule has 1 saturated heterocycles. The Hall–Kier alpha value is -1.69. The summed E-state index contributed by atoms with van der Waals surface area (Å²) in [5.41, 5.74) is 6.11. The van der Waals surface area contributed by atoms with Gasteiger partial charge in [-0.3, -0.25) is 4.39 Å². The molecule has 1 aliphatic carbocycles. The summed E-state index contributed by atoms with van der Waals surface area (Å²) < 4.78 is 18.4. The van der Waals surface area contributed by atoms with Gasteiger partial charge in [0.2, 0.25) is 0 Å². The van der Waals surface area contributed by atoms with Crippen LogP contribution in [-0.2, 0) is 17.6 Å². The largest absolute Gasteiger partial charge is 0.465 e. The van der Waals surface area contributed by atoms with Crippen LogP contribution in [0.2, 0.25) is 5.02 Å². The third kappa shape index (κ3) is 4.95. The highest BCUT2D eigenvalue weighted by Crippen LogP contribution is 2.41. The van der Waals surface area contributed by atoms with Gasteiger partial charge in [-0.1, -0.05) is 57.9 Å². The lowest BCUT2D eigenvalue weighted by atomic mass is 9.89. The Morgan fingerprint density at radius 2 is 1.94 bits per heavy atom. The zero-order valence-corrected chi connectivity index (χ0v) is 20.6. The Morgan fingerprint density at radius 3 is 2.62 bits per heavy atom. The van der Waals surface area contributed by atoms with E-state index in [2.05, 4.69) is 45.1 Å².